The normalized spacial score (nSPS) is 18.2. The number of phenols is 4. The van der Waals surface area contributed by atoms with Gasteiger partial charge in [-0.1, -0.05) is 82.1 Å². The molecule has 4 aromatic carbocycles. The summed E-state index contributed by atoms with van der Waals surface area (Å²) in [5.74, 6) is 1.26. The molecule has 4 N–H and O–H groups in total. The van der Waals surface area contributed by atoms with Crippen molar-refractivity contribution >= 4 is 12.6 Å². The Morgan fingerprint density at radius 2 is 0.904 bits per heavy atom. The summed E-state index contributed by atoms with van der Waals surface area (Å²) >= 11 is 0. The van der Waals surface area contributed by atoms with E-state index in [-0.39, 0.29) is 40.2 Å². The largest absolute Gasteiger partial charge is 0.508 e. The van der Waals surface area contributed by atoms with Crippen LogP contribution in [0.4, 0.5) is 0 Å². The highest BCUT2D eigenvalue weighted by Crippen LogP contribution is 2.51. The zero-order valence-corrected chi connectivity index (χ0v) is 30.2. The third-order valence-corrected chi connectivity index (χ3v) is 12.6. The summed E-state index contributed by atoms with van der Waals surface area (Å²) in [5, 5.41) is 45.7. The van der Waals surface area contributed by atoms with E-state index in [1.165, 1.54) is 12.8 Å². The van der Waals surface area contributed by atoms with Crippen molar-refractivity contribution < 1.29 is 30.0 Å². The number of aldehydes is 2. The SMILES string of the molecule is O=Cc1ccc(O)c(Cc2cc(C3(c4cc(Cc5cc(C=O)ccc5O)c(O)c(C5CCCCC5)c4)CCCCC3)cc(C3CCCCC3)c2O)c1. The molecular formula is C46H52O6. The standard InChI is InChI=1S/C46H52O6/c47-28-30-14-16-42(49)34(20-30)22-36-24-38(26-40(44(36)51)32-10-4-1-5-11-32)46(18-8-3-9-19-46)39-25-37(23-35-21-31(29-48)15-17-43(35)50)45(52)41(27-39)33-12-6-2-7-13-33/h14-17,20-21,24-29,32-33,49-52H,1-13,18-19,22-23H2. The van der Waals surface area contributed by atoms with Crippen LogP contribution in [-0.4, -0.2) is 33.0 Å². The highest BCUT2D eigenvalue weighted by Gasteiger charge is 2.39. The van der Waals surface area contributed by atoms with Gasteiger partial charge in [0.2, 0.25) is 0 Å². The average molecular weight is 701 g/mol. The van der Waals surface area contributed by atoms with Gasteiger partial charge in [0, 0.05) is 29.4 Å². The van der Waals surface area contributed by atoms with E-state index in [1.807, 2.05) is 0 Å². The van der Waals surface area contributed by atoms with Crippen LogP contribution in [0.1, 0.15) is 173 Å². The van der Waals surface area contributed by atoms with Crippen molar-refractivity contribution in [1.82, 2.24) is 0 Å². The molecule has 0 amide bonds. The van der Waals surface area contributed by atoms with E-state index >= 15 is 0 Å². The van der Waals surface area contributed by atoms with Gasteiger partial charge in [0.25, 0.3) is 0 Å². The maximum absolute atomic E-state index is 12.0. The summed E-state index contributed by atoms with van der Waals surface area (Å²) in [6, 6.07) is 18.6. The molecule has 4 aromatic rings. The van der Waals surface area contributed by atoms with Gasteiger partial charge in [-0.2, -0.15) is 0 Å². The molecule has 0 atom stereocenters. The van der Waals surface area contributed by atoms with E-state index < -0.39 is 0 Å². The zero-order chi connectivity index (χ0) is 36.2. The third kappa shape index (κ3) is 7.22. The first-order valence-electron chi connectivity index (χ1n) is 19.6. The van der Waals surface area contributed by atoms with E-state index in [1.54, 1.807) is 36.4 Å². The van der Waals surface area contributed by atoms with E-state index in [4.69, 9.17) is 0 Å². The van der Waals surface area contributed by atoms with Crippen LogP contribution >= 0.6 is 0 Å². The maximum atomic E-state index is 12.0. The predicted molar refractivity (Wildman–Crippen MR) is 204 cm³/mol. The minimum Gasteiger partial charge on any atom is -0.508 e. The first-order valence-corrected chi connectivity index (χ1v) is 19.6. The molecule has 0 saturated heterocycles. The van der Waals surface area contributed by atoms with Crippen LogP contribution in [0.15, 0.2) is 60.7 Å². The molecule has 6 nitrogen and oxygen atoms in total. The molecule has 272 valence electrons. The quantitative estimate of drug-likeness (QED) is 0.122. The second-order valence-corrected chi connectivity index (χ2v) is 15.8. The van der Waals surface area contributed by atoms with Crippen molar-refractivity contribution in [3.63, 3.8) is 0 Å². The molecule has 7 rings (SSSR count). The van der Waals surface area contributed by atoms with E-state index in [0.29, 0.717) is 35.1 Å². The summed E-state index contributed by atoms with van der Waals surface area (Å²) in [6.45, 7) is 0. The first kappa shape index (κ1) is 35.8. The third-order valence-electron chi connectivity index (χ3n) is 12.6. The van der Waals surface area contributed by atoms with E-state index in [0.717, 1.165) is 129 Å². The van der Waals surface area contributed by atoms with Gasteiger partial charge in [-0.3, -0.25) is 9.59 Å². The zero-order valence-electron chi connectivity index (χ0n) is 30.2. The van der Waals surface area contributed by atoms with Gasteiger partial charge >= 0.3 is 0 Å². The Morgan fingerprint density at radius 1 is 0.500 bits per heavy atom. The minimum atomic E-state index is -0.380. The Kier molecular flexibility index (Phi) is 10.7. The lowest BCUT2D eigenvalue weighted by Crippen LogP contribution is -2.31. The number of aromatic hydroxyl groups is 4. The molecule has 3 fully saturated rings. The predicted octanol–water partition coefficient (Wildman–Crippen LogP) is 10.7. The Labute approximate surface area is 307 Å². The molecule has 3 saturated carbocycles. The number of phenolic OH excluding ortho intramolecular Hbond substituents is 4. The lowest BCUT2D eigenvalue weighted by atomic mass is 9.63. The van der Waals surface area contributed by atoms with Crippen molar-refractivity contribution in [2.75, 3.05) is 0 Å². The Morgan fingerprint density at radius 3 is 1.31 bits per heavy atom. The number of benzene rings is 4. The Balaban J connectivity index is 1.42. The number of hydrogen-bond acceptors (Lipinski definition) is 6. The molecule has 0 unspecified atom stereocenters. The second kappa shape index (κ2) is 15.6. The first-order chi connectivity index (χ1) is 25.3. The fourth-order valence-corrected chi connectivity index (χ4v) is 9.66. The molecule has 0 spiro atoms. The number of hydrogen-bond donors (Lipinski definition) is 4. The van der Waals surface area contributed by atoms with Gasteiger partial charge in [-0.05, 0) is 131 Å². The molecule has 0 heterocycles. The molecule has 52 heavy (non-hydrogen) atoms. The topological polar surface area (TPSA) is 115 Å². The molecule has 0 aliphatic heterocycles. The van der Waals surface area contributed by atoms with Crippen molar-refractivity contribution in [3.8, 4) is 23.0 Å². The maximum Gasteiger partial charge on any atom is 0.150 e. The summed E-state index contributed by atoms with van der Waals surface area (Å²) in [4.78, 5) is 23.4. The summed E-state index contributed by atoms with van der Waals surface area (Å²) < 4.78 is 0. The molecule has 6 heteroatoms. The van der Waals surface area contributed by atoms with Crippen LogP contribution in [0.2, 0.25) is 0 Å². The lowest BCUT2D eigenvalue weighted by Gasteiger charge is -2.41. The van der Waals surface area contributed by atoms with Crippen molar-refractivity contribution in [3.05, 3.63) is 116 Å². The van der Waals surface area contributed by atoms with E-state index in [9.17, 15) is 30.0 Å². The molecule has 0 radical (unpaired) electrons. The van der Waals surface area contributed by atoms with Gasteiger partial charge in [-0.25, -0.2) is 0 Å². The van der Waals surface area contributed by atoms with Crippen LogP contribution < -0.4 is 0 Å². The Bertz CT molecular complexity index is 1790. The van der Waals surface area contributed by atoms with Crippen LogP contribution in [0, 0.1) is 0 Å². The number of rotatable bonds is 10. The van der Waals surface area contributed by atoms with Crippen LogP contribution in [-0.2, 0) is 18.3 Å². The summed E-state index contributed by atoms with van der Waals surface area (Å²) in [5.41, 5.74) is 7.57. The second-order valence-electron chi connectivity index (χ2n) is 15.8. The number of carbonyl (C=O) groups excluding carboxylic acids is 2. The smallest absolute Gasteiger partial charge is 0.150 e. The van der Waals surface area contributed by atoms with Crippen LogP contribution in [0.25, 0.3) is 0 Å². The van der Waals surface area contributed by atoms with E-state index in [2.05, 4.69) is 24.3 Å². The monoisotopic (exact) mass is 700 g/mol. The average Bonchev–Trinajstić information content (AvgIpc) is 3.19. The van der Waals surface area contributed by atoms with Crippen molar-refractivity contribution in [2.45, 2.75) is 126 Å². The summed E-state index contributed by atoms with van der Waals surface area (Å²) in [7, 11) is 0. The van der Waals surface area contributed by atoms with Crippen LogP contribution in [0.5, 0.6) is 23.0 Å². The Hall–Kier alpha value is -4.58. The number of carbonyl (C=O) groups is 2. The minimum absolute atomic E-state index is 0.101. The molecule has 3 aliphatic carbocycles. The molecular weight excluding hydrogens is 649 g/mol. The van der Waals surface area contributed by atoms with Gasteiger partial charge in [0.05, 0.1) is 0 Å². The molecule has 3 aliphatic rings. The lowest BCUT2D eigenvalue weighted by molar-refractivity contribution is 0.111. The van der Waals surface area contributed by atoms with Crippen LogP contribution in [0.3, 0.4) is 0 Å². The van der Waals surface area contributed by atoms with Gasteiger partial charge < -0.3 is 20.4 Å². The fraction of sp³-hybridized carbons (Fsp3) is 0.435. The molecule has 0 aromatic heterocycles. The highest BCUT2D eigenvalue weighted by atomic mass is 16.3. The van der Waals surface area contributed by atoms with Crippen molar-refractivity contribution in [1.29, 1.82) is 0 Å². The highest BCUT2D eigenvalue weighted by molar-refractivity contribution is 5.76. The summed E-state index contributed by atoms with van der Waals surface area (Å²) in [6.07, 6.45) is 18.2. The van der Waals surface area contributed by atoms with Crippen molar-refractivity contribution in [2.24, 2.45) is 0 Å². The fourth-order valence-electron chi connectivity index (χ4n) is 9.66. The molecule has 0 bridgehead atoms. The van der Waals surface area contributed by atoms with Gasteiger partial charge in [0.1, 0.15) is 35.6 Å². The van der Waals surface area contributed by atoms with Gasteiger partial charge in [0.15, 0.2) is 0 Å². The van der Waals surface area contributed by atoms with Gasteiger partial charge in [-0.15, -0.1) is 0 Å².